The van der Waals surface area contributed by atoms with E-state index in [1.807, 2.05) is 0 Å². The Morgan fingerprint density at radius 2 is 1.73 bits per heavy atom. The summed E-state index contributed by atoms with van der Waals surface area (Å²) in [5.41, 5.74) is 6.08. The van der Waals surface area contributed by atoms with Crippen LogP contribution < -0.4 is 5.73 Å². The second-order valence-corrected chi connectivity index (χ2v) is 4.82. The van der Waals surface area contributed by atoms with Gasteiger partial charge in [-0.15, -0.1) is 0 Å². The van der Waals surface area contributed by atoms with Crippen LogP contribution in [0.4, 0.5) is 0 Å². The molecule has 0 aliphatic heterocycles. The SMILES string of the molecule is N[C@@H]1C[C@H]2C[C@H]1[C@@H]1CCC[C@@H]21. The molecule has 0 heterocycles. The molecule has 62 valence electrons. The van der Waals surface area contributed by atoms with Gasteiger partial charge in [-0.25, -0.2) is 0 Å². The van der Waals surface area contributed by atoms with Gasteiger partial charge < -0.3 is 5.73 Å². The lowest BCUT2D eigenvalue weighted by Crippen LogP contribution is -2.34. The molecule has 2 N–H and O–H groups in total. The summed E-state index contributed by atoms with van der Waals surface area (Å²) < 4.78 is 0. The molecule has 0 unspecified atom stereocenters. The van der Waals surface area contributed by atoms with E-state index in [0.717, 1.165) is 23.7 Å². The molecule has 1 heteroatoms. The van der Waals surface area contributed by atoms with E-state index in [2.05, 4.69) is 0 Å². The lowest BCUT2D eigenvalue weighted by molar-refractivity contribution is 0.234. The molecule has 3 aliphatic rings. The van der Waals surface area contributed by atoms with E-state index >= 15 is 0 Å². The number of rotatable bonds is 0. The zero-order valence-electron chi connectivity index (χ0n) is 7.00. The van der Waals surface area contributed by atoms with Crippen molar-refractivity contribution >= 4 is 0 Å². The van der Waals surface area contributed by atoms with Gasteiger partial charge in [-0.05, 0) is 49.4 Å². The van der Waals surface area contributed by atoms with Crippen molar-refractivity contribution in [2.75, 3.05) is 0 Å². The minimum atomic E-state index is 0.583. The summed E-state index contributed by atoms with van der Waals surface area (Å²) in [6.45, 7) is 0. The van der Waals surface area contributed by atoms with Crippen molar-refractivity contribution in [2.45, 2.75) is 38.1 Å². The van der Waals surface area contributed by atoms with E-state index in [4.69, 9.17) is 5.73 Å². The summed E-state index contributed by atoms with van der Waals surface area (Å²) >= 11 is 0. The van der Waals surface area contributed by atoms with Crippen molar-refractivity contribution in [2.24, 2.45) is 29.4 Å². The fourth-order valence-corrected chi connectivity index (χ4v) is 4.12. The van der Waals surface area contributed by atoms with Gasteiger partial charge in [0.2, 0.25) is 0 Å². The maximum absolute atomic E-state index is 6.08. The van der Waals surface area contributed by atoms with Crippen LogP contribution in [0.1, 0.15) is 32.1 Å². The van der Waals surface area contributed by atoms with Crippen molar-refractivity contribution in [3.05, 3.63) is 0 Å². The highest BCUT2D eigenvalue weighted by atomic mass is 14.7. The van der Waals surface area contributed by atoms with E-state index in [1.165, 1.54) is 32.1 Å². The number of hydrogen-bond acceptors (Lipinski definition) is 1. The normalized spacial score (nSPS) is 60.3. The fraction of sp³-hybridized carbons (Fsp3) is 1.00. The van der Waals surface area contributed by atoms with Gasteiger partial charge in [0.05, 0.1) is 0 Å². The Kier molecular flexibility index (Phi) is 1.18. The third kappa shape index (κ3) is 0.703. The van der Waals surface area contributed by atoms with Crippen LogP contribution in [0, 0.1) is 23.7 Å². The first-order valence-corrected chi connectivity index (χ1v) is 5.12. The van der Waals surface area contributed by atoms with Crippen LogP contribution in [0.2, 0.25) is 0 Å². The Bertz CT molecular complexity index is 178. The molecule has 5 atom stereocenters. The second-order valence-electron chi connectivity index (χ2n) is 4.82. The third-order valence-corrected chi connectivity index (χ3v) is 4.48. The molecule has 2 bridgehead atoms. The van der Waals surface area contributed by atoms with E-state index in [9.17, 15) is 0 Å². The van der Waals surface area contributed by atoms with Crippen molar-refractivity contribution < 1.29 is 0 Å². The summed E-state index contributed by atoms with van der Waals surface area (Å²) in [4.78, 5) is 0. The minimum Gasteiger partial charge on any atom is -0.327 e. The molecule has 3 fully saturated rings. The van der Waals surface area contributed by atoms with Crippen molar-refractivity contribution in [3.63, 3.8) is 0 Å². The largest absolute Gasteiger partial charge is 0.327 e. The Balaban J connectivity index is 1.90. The molecule has 3 rings (SSSR count). The zero-order valence-corrected chi connectivity index (χ0v) is 7.00. The highest BCUT2D eigenvalue weighted by molar-refractivity contribution is 5.04. The molecule has 11 heavy (non-hydrogen) atoms. The number of nitrogens with two attached hydrogens (primary N) is 1. The predicted octanol–water partition coefficient (Wildman–Crippen LogP) is 1.77. The number of hydrogen-bond donors (Lipinski definition) is 1. The maximum atomic E-state index is 6.08. The highest BCUT2D eigenvalue weighted by Crippen LogP contribution is 2.58. The summed E-state index contributed by atoms with van der Waals surface area (Å²) in [7, 11) is 0. The minimum absolute atomic E-state index is 0.583. The van der Waals surface area contributed by atoms with Gasteiger partial charge in [-0.1, -0.05) is 6.42 Å². The van der Waals surface area contributed by atoms with Crippen LogP contribution in [-0.4, -0.2) is 6.04 Å². The lowest BCUT2D eigenvalue weighted by Gasteiger charge is -2.28. The van der Waals surface area contributed by atoms with Crippen molar-refractivity contribution in [3.8, 4) is 0 Å². The van der Waals surface area contributed by atoms with Gasteiger partial charge in [0, 0.05) is 6.04 Å². The van der Waals surface area contributed by atoms with Gasteiger partial charge >= 0.3 is 0 Å². The van der Waals surface area contributed by atoms with Gasteiger partial charge in [0.15, 0.2) is 0 Å². The molecule has 1 nitrogen and oxygen atoms in total. The van der Waals surface area contributed by atoms with Crippen LogP contribution in [-0.2, 0) is 0 Å². The van der Waals surface area contributed by atoms with Gasteiger partial charge in [0.1, 0.15) is 0 Å². The molecule has 0 aromatic rings. The molecule has 0 aromatic carbocycles. The Morgan fingerprint density at radius 3 is 2.64 bits per heavy atom. The average Bonchev–Trinajstić information content (AvgIpc) is 2.52. The van der Waals surface area contributed by atoms with Crippen LogP contribution >= 0.6 is 0 Å². The number of fused-ring (bicyclic) bond motifs is 5. The monoisotopic (exact) mass is 151 g/mol. The Hall–Kier alpha value is -0.0400. The zero-order chi connectivity index (χ0) is 7.42. The summed E-state index contributed by atoms with van der Waals surface area (Å²) in [5, 5.41) is 0. The fourth-order valence-electron chi connectivity index (χ4n) is 4.12. The molecule has 0 saturated heterocycles. The summed E-state index contributed by atoms with van der Waals surface area (Å²) in [6.07, 6.45) is 7.36. The van der Waals surface area contributed by atoms with Gasteiger partial charge in [-0.2, -0.15) is 0 Å². The second kappa shape index (κ2) is 2.01. The first-order valence-electron chi connectivity index (χ1n) is 5.12. The smallest absolute Gasteiger partial charge is 0.00727 e. The van der Waals surface area contributed by atoms with Crippen LogP contribution in [0.15, 0.2) is 0 Å². The molecule has 0 spiro atoms. The molecule has 0 amide bonds. The van der Waals surface area contributed by atoms with Crippen LogP contribution in [0.25, 0.3) is 0 Å². The van der Waals surface area contributed by atoms with Crippen LogP contribution in [0.5, 0.6) is 0 Å². The molecule has 3 aliphatic carbocycles. The maximum Gasteiger partial charge on any atom is 0.00727 e. The van der Waals surface area contributed by atoms with Gasteiger partial charge in [-0.3, -0.25) is 0 Å². The lowest BCUT2D eigenvalue weighted by atomic mass is 9.79. The molecular weight excluding hydrogens is 134 g/mol. The average molecular weight is 151 g/mol. The molecule has 3 saturated carbocycles. The predicted molar refractivity (Wildman–Crippen MR) is 45.0 cm³/mol. The summed E-state index contributed by atoms with van der Waals surface area (Å²) in [5.74, 6) is 4.15. The van der Waals surface area contributed by atoms with E-state index in [-0.39, 0.29) is 0 Å². The van der Waals surface area contributed by atoms with Crippen molar-refractivity contribution in [1.29, 1.82) is 0 Å². The molecular formula is C10H17N. The first-order chi connectivity index (χ1) is 5.36. The quantitative estimate of drug-likeness (QED) is 0.561. The highest BCUT2D eigenvalue weighted by Gasteiger charge is 2.52. The standard InChI is InChI=1S/C10H17N/c11-10-5-6-4-9(10)8-3-1-2-7(6)8/h6-10H,1-5,11H2/t6-,7+,8-,9+,10-/m1/s1. The Labute approximate surface area is 68.3 Å². The Morgan fingerprint density at radius 1 is 0.909 bits per heavy atom. The van der Waals surface area contributed by atoms with Gasteiger partial charge in [0.25, 0.3) is 0 Å². The molecule has 0 aromatic heterocycles. The van der Waals surface area contributed by atoms with Crippen LogP contribution in [0.3, 0.4) is 0 Å². The van der Waals surface area contributed by atoms with Crippen molar-refractivity contribution in [1.82, 2.24) is 0 Å². The van der Waals surface area contributed by atoms with E-state index in [0.29, 0.717) is 6.04 Å². The molecule has 0 radical (unpaired) electrons. The first kappa shape index (κ1) is 6.47. The third-order valence-electron chi connectivity index (χ3n) is 4.48. The van der Waals surface area contributed by atoms with E-state index < -0.39 is 0 Å². The topological polar surface area (TPSA) is 26.0 Å². The summed E-state index contributed by atoms with van der Waals surface area (Å²) in [6, 6.07) is 0.583. The van der Waals surface area contributed by atoms with E-state index in [1.54, 1.807) is 0 Å².